The van der Waals surface area contributed by atoms with Crippen molar-refractivity contribution in [1.82, 2.24) is 0 Å². The maximum atomic E-state index is 6.09. The van der Waals surface area contributed by atoms with Crippen molar-refractivity contribution in [3.63, 3.8) is 0 Å². The lowest BCUT2D eigenvalue weighted by molar-refractivity contribution is 0.0526. The molecule has 0 saturated carbocycles. The van der Waals surface area contributed by atoms with Gasteiger partial charge in [0.2, 0.25) is 0 Å². The summed E-state index contributed by atoms with van der Waals surface area (Å²) in [5.74, 6) is 0. The Hall–Kier alpha value is -0.770. The van der Waals surface area contributed by atoms with E-state index in [1.807, 2.05) is 12.1 Å². The molecule has 1 heterocycles. The van der Waals surface area contributed by atoms with Crippen LogP contribution in [-0.4, -0.2) is 32.3 Å². The summed E-state index contributed by atoms with van der Waals surface area (Å²) in [4.78, 5) is 2.41. The fourth-order valence-corrected chi connectivity index (χ4v) is 2.94. The summed E-state index contributed by atoms with van der Waals surface area (Å²) in [5.41, 5.74) is 8.20. The highest BCUT2D eigenvalue weighted by molar-refractivity contribution is 6.30. The molecule has 0 radical (unpaired) electrons. The van der Waals surface area contributed by atoms with Crippen LogP contribution >= 0.6 is 11.6 Å². The van der Waals surface area contributed by atoms with E-state index in [0.717, 1.165) is 37.6 Å². The Labute approximate surface area is 120 Å². The number of ether oxygens (including phenoxy) is 1. The number of hydrogen-bond acceptors (Lipinski definition) is 3. The van der Waals surface area contributed by atoms with Crippen molar-refractivity contribution in [2.75, 3.05) is 31.1 Å². The van der Waals surface area contributed by atoms with Gasteiger partial charge in [-0.05, 0) is 56.5 Å². The first-order chi connectivity index (χ1) is 9.24. The van der Waals surface area contributed by atoms with Gasteiger partial charge in [0.05, 0.1) is 6.10 Å². The van der Waals surface area contributed by atoms with Crippen LogP contribution in [0.5, 0.6) is 0 Å². The summed E-state index contributed by atoms with van der Waals surface area (Å²) in [6.45, 7) is 5.54. The first-order valence-electron chi connectivity index (χ1n) is 7.09. The summed E-state index contributed by atoms with van der Waals surface area (Å²) in [5, 5.41) is 0.783. The molecule has 1 aliphatic rings. The third kappa shape index (κ3) is 3.85. The van der Waals surface area contributed by atoms with E-state index in [-0.39, 0.29) is 0 Å². The van der Waals surface area contributed by atoms with E-state index < -0.39 is 0 Å². The van der Waals surface area contributed by atoms with Crippen molar-refractivity contribution in [3.8, 4) is 0 Å². The molecular formula is C15H23ClN2O. The number of nitrogens with zero attached hydrogens (tertiary/aromatic N) is 1. The van der Waals surface area contributed by atoms with Crippen LogP contribution < -0.4 is 10.6 Å². The molecule has 1 aromatic carbocycles. The lowest BCUT2D eigenvalue weighted by atomic mass is 10.0. The van der Waals surface area contributed by atoms with E-state index in [0.29, 0.717) is 12.6 Å². The van der Waals surface area contributed by atoms with Crippen LogP contribution in [0.4, 0.5) is 5.69 Å². The van der Waals surface area contributed by atoms with Gasteiger partial charge in [0.15, 0.2) is 0 Å². The maximum absolute atomic E-state index is 6.09. The zero-order valence-corrected chi connectivity index (χ0v) is 12.3. The minimum atomic E-state index is 0.347. The Morgan fingerprint density at radius 3 is 3.05 bits per heavy atom. The first kappa shape index (κ1) is 14.6. The van der Waals surface area contributed by atoms with Gasteiger partial charge >= 0.3 is 0 Å². The van der Waals surface area contributed by atoms with Crippen LogP contribution in [0.25, 0.3) is 0 Å². The Kier molecular flexibility index (Phi) is 5.49. The molecular weight excluding hydrogens is 260 g/mol. The van der Waals surface area contributed by atoms with Crippen LogP contribution in [-0.2, 0) is 11.2 Å². The zero-order valence-electron chi connectivity index (χ0n) is 11.6. The zero-order chi connectivity index (χ0) is 13.7. The number of nitrogens with two attached hydrogens (primary N) is 1. The second-order valence-corrected chi connectivity index (χ2v) is 5.41. The molecule has 2 N–H and O–H groups in total. The predicted octanol–water partition coefficient (Wildman–Crippen LogP) is 2.85. The number of anilines is 1. The average molecular weight is 283 g/mol. The van der Waals surface area contributed by atoms with Crippen molar-refractivity contribution in [2.24, 2.45) is 5.73 Å². The average Bonchev–Trinajstić information content (AvgIpc) is 2.40. The van der Waals surface area contributed by atoms with Crippen molar-refractivity contribution in [2.45, 2.75) is 32.3 Å². The maximum Gasteiger partial charge on any atom is 0.0750 e. The summed E-state index contributed by atoms with van der Waals surface area (Å²) in [7, 11) is 0. The first-order valence-corrected chi connectivity index (χ1v) is 7.47. The molecule has 1 unspecified atom stereocenters. The quantitative estimate of drug-likeness (QED) is 0.902. The molecule has 1 aliphatic heterocycles. The van der Waals surface area contributed by atoms with Crippen LogP contribution in [0.15, 0.2) is 18.2 Å². The summed E-state index contributed by atoms with van der Waals surface area (Å²) >= 11 is 6.09. The molecule has 1 fully saturated rings. The molecule has 0 spiro atoms. The smallest absolute Gasteiger partial charge is 0.0750 e. The number of halogens is 1. The van der Waals surface area contributed by atoms with Gasteiger partial charge in [0, 0.05) is 30.4 Å². The fraction of sp³-hybridized carbons (Fsp3) is 0.600. The Morgan fingerprint density at radius 1 is 1.47 bits per heavy atom. The molecule has 0 amide bonds. The third-order valence-electron chi connectivity index (χ3n) is 3.58. The van der Waals surface area contributed by atoms with Crippen molar-refractivity contribution in [1.29, 1.82) is 0 Å². The Morgan fingerprint density at radius 2 is 2.32 bits per heavy atom. The fourth-order valence-electron chi connectivity index (χ4n) is 2.75. The highest BCUT2D eigenvalue weighted by Gasteiger charge is 2.21. The molecule has 4 heteroatoms. The van der Waals surface area contributed by atoms with E-state index in [4.69, 9.17) is 22.1 Å². The van der Waals surface area contributed by atoms with Gasteiger partial charge < -0.3 is 15.4 Å². The van der Waals surface area contributed by atoms with Gasteiger partial charge in [-0.15, -0.1) is 0 Å². The highest BCUT2D eigenvalue weighted by Crippen LogP contribution is 2.28. The predicted molar refractivity (Wildman–Crippen MR) is 81.1 cm³/mol. The normalized spacial score (nSPS) is 19.7. The largest absolute Gasteiger partial charge is 0.377 e. The number of rotatable bonds is 5. The summed E-state index contributed by atoms with van der Waals surface area (Å²) < 4.78 is 5.77. The minimum Gasteiger partial charge on any atom is -0.377 e. The molecule has 0 aromatic heterocycles. The van der Waals surface area contributed by atoms with Gasteiger partial charge in [-0.25, -0.2) is 0 Å². The number of hydrogen-bond donors (Lipinski definition) is 1. The lowest BCUT2D eigenvalue weighted by Crippen LogP contribution is -2.40. The van der Waals surface area contributed by atoms with Gasteiger partial charge in [-0.3, -0.25) is 0 Å². The summed E-state index contributed by atoms with van der Waals surface area (Å²) in [6.07, 6.45) is 3.55. The molecule has 1 saturated heterocycles. The third-order valence-corrected chi connectivity index (χ3v) is 3.81. The van der Waals surface area contributed by atoms with Gasteiger partial charge in [-0.1, -0.05) is 11.6 Å². The van der Waals surface area contributed by atoms with Crippen molar-refractivity contribution in [3.05, 3.63) is 28.8 Å². The number of piperidine rings is 1. The summed E-state index contributed by atoms with van der Waals surface area (Å²) in [6, 6.07) is 6.11. The van der Waals surface area contributed by atoms with E-state index in [1.165, 1.54) is 17.7 Å². The number of benzene rings is 1. The Bertz CT molecular complexity index is 409. The van der Waals surface area contributed by atoms with Gasteiger partial charge in [0.25, 0.3) is 0 Å². The van der Waals surface area contributed by atoms with Gasteiger partial charge in [-0.2, -0.15) is 0 Å². The highest BCUT2D eigenvalue weighted by atomic mass is 35.5. The van der Waals surface area contributed by atoms with Crippen molar-refractivity contribution < 1.29 is 4.74 Å². The topological polar surface area (TPSA) is 38.5 Å². The van der Waals surface area contributed by atoms with E-state index in [1.54, 1.807) is 0 Å². The monoisotopic (exact) mass is 282 g/mol. The van der Waals surface area contributed by atoms with Crippen molar-refractivity contribution >= 4 is 17.3 Å². The molecule has 19 heavy (non-hydrogen) atoms. The van der Waals surface area contributed by atoms with Crippen LogP contribution in [0.1, 0.15) is 25.3 Å². The standard InChI is InChI=1S/C15H23ClN2O/c1-2-19-14-4-3-9-18(11-14)15-6-5-13(16)10-12(15)7-8-17/h5-6,10,14H,2-4,7-9,11,17H2,1H3. The molecule has 3 nitrogen and oxygen atoms in total. The van der Waals surface area contributed by atoms with Crippen LogP contribution in [0.3, 0.4) is 0 Å². The molecule has 106 valence electrons. The van der Waals surface area contributed by atoms with Crippen LogP contribution in [0, 0.1) is 0 Å². The van der Waals surface area contributed by atoms with E-state index in [9.17, 15) is 0 Å². The minimum absolute atomic E-state index is 0.347. The van der Waals surface area contributed by atoms with E-state index in [2.05, 4.69) is 17.9 Å². The second-order valence-electron chi connectivity index (χ2n) is 4.98. The molecule has 2 rings (SSSR count). The SMILES string of the molecule is CCOC1CCCN(c2ccc(Cl)cc2CCN)C1. The molecule has 0 aliphatic carbocycles. The molecule has 1 atom stereocenters. The van der Waals surface area contributed by atoms with E-state index >= 15 is 0 Å². The molecule has 1 aromatic rings. The van der Waals surface area contributed by atoms with Gasteiger partial charge in [0.1, 0.15) is 0 Å². The Balaban J connectivity index is 2.15. The van der Waals surface area contributed by atoms with Crippen LogP contribution in [0.2, 0.25) is 5.02 Å². The second kappa shape index (κ2) is 7.13. The lowest BCUT2D eigenvalue weighted by Gasteiger charge is -2.35. The molecule has 0 bridgehead atoms.